The maximum Gasteiger partial charge on any atom is 0.173 e. The number of benzene rings is 3. The Bertz CT molecular complexity index is 1460. The van der Waals surface area contributed by atoms with Gasteiger partial charge in [0.25, 0.3) is 0 Å². The number of rotatable bonds is 6. The van der Waals surface area contributed by atoms with Crippen LogP contribution in [0.1, 0.15) is 39.2 Å². The number of nitrogens with zero attached hydrogens (tertiary/aromatic N) is 2. The van der Waals surface area contributed by atoms with Gasteiger partial charge in [0.2, 0.25) is 0 Å². The van der Waals surface area contributed by atoms with E-state index in [1.807, 2.05) is 72.8 Å². The molecule has 0 spiro atoms. The second kappa shape index (κ2) is 10.4. The molecule has 3 aromatic carbocycles. The van der Waals surface area contributed by atoms with Crippen LogP contribution in [0.15, 0.2) is 94.4 Å². The first kappa shape index (κ1) is 23.3. The fourth-order valence-electron chi connectivity index (χ4n) is 4.36. The van der Waals surface area contributed by atoms with Crippen LogP contribution in [0, 0.1) is 11.3 Å². The van der Waals surface area contributed by atoms with Crippen LogP contribution >= 0.6 is 27.7 Å². The molecule has 5 heteroatoms. The van der Waals surface area contributed by atoms with Crippen LogP contribution < -0.4 is 0 Å². The first-order chi connectivity index (χ1) is 17.1. The Morgan fingerprint density at radius 1 is 0.971 bits per heavy atom. The molecule has 4 aromatic rings. The monoisotopic (exact) mass is 536 g/mol. The molecule has 1 aromatic heterocycles. The van der Waals surface area contributed by atoms with Crippen LogP contribution in [0.4, 0.5) is 0 Å². The molecule has 0 radical (unpaired) electrons. The summed E-state index contributed by atoms with van der Waals surface area (Å²) in [5.74, 6) is 0.226. The quantitative estimate of drug-likeness (QED) is 0.186. The number of pyridine rings is 1. The Balaban J connectivity index is 1.58. The Morgan fingerprint density at radius 2 is 1.66 bits per heavy atom. The number of aromatic nitrogens is 1. The van der Waals surface area contributed by atoms with E-state index < -0.39 is 0 Å². The first-order valence-electron chi connectivity index (χ1n) is 11.3. The van der Waals surface area contributed by atoms with E-state index in [9.17, 15) is 10.1 Å². The number of allylic oxidation sites excluding steroid dienone is 1. The molecule has 0 atom stereocenters. The van der Waals surface area contributed by atoms with Gasteiger partial charge in [0.15, 0.2) is 5.78 Å². The van der Waals surface area contributed by atoms with Gasteiger partial charge >= 0.3 is 0 Å². The second-order valence-electron chi connectivity index (χ2n) is 8.27. The molecule has 1 aliphatic rings. The van der Waals surface area contributed by atoms with Gasteiger partial charge in [0, 0.05) is 15.6 Å². The predicted molar refractivity (Wildman–Crippen MR) is 146 cm³/mol. The number of hydrogen-bond donors (Lipinski definition) is 0. The summed E-state index contributed by atoms with van der Waals surface area (Å²) in [5.41, 5.74) is 7.47. The summed E-state index contributed by atoms with van der Waals surface area (Å²) in [6.07, 6.45) is 3.89. The summed E-state index contributed by atoms with van der Waals surface area (Å²) in [6.45, 7) is 0. The lowest BCUT2D eigenvalue weighted by atomic mass is 9.95. The largest absolute Gasteiger partial charge is 0.293 e. The molecule has 1 heterocycles. The third-order valence-electron chi connectivity index (χ3n) is 6.03. The Hall–Kier alpha value is -3.46. The molecule has 35 heavy (non-hydrogen) atoms. The van der Waals surface area contributed by atoms with Gasteiger partial charge in [-0.15, -0.1) is 0 Å². The molecule has 3 nitrogen and oxygen atoms in total. The van der Waals surface area contributed by atoms with Crippen molar-refractivity contribution >= 4 is 45.1 Å². The van der Waals surface area contributed by atoms with Crippen molar-refractivity contribution in [3.8, 4) is 17.2 Å². The highest BCUT2D eigenvalue weighted by Gasteiger charge is 2.27. The molecule has 1 aliphatic carbocycles. The van der Waals surface area contributed by atoms with Gasteiger partial charge in [-0.2, -0.15) is 5.26 Å². The number of carbonyl (C=O) groups excluding carboxylic acids is 1. The van der Waals surface area contributed by atoms with Crippen molar-refractivity contribution in [2.75, 3.05) is 5.75 Å². The van der Waals surface area contributed by atoms with Gasteiger partial charge in [-0.25, -0.2) is 4.98 Å². The smallest absolute Gasteiger partial charge is 0.173 e. The Kier molecular flexibility index (Phi) is 6.94. The molecule has 5 rings (SSSR count). The summed E-state index contributed by atoms with van der Waals surface area (Å²) in [4.78, 5) is 17.8. The zero-order valence-corrected chi connectivity index (χ0v) is 21.3. The normalized spacial score (nSPS) is 13.4. The summed E-state index contributed by atoms with van der Waals surface area (Å²) in [7, 11) is 0. The SMILES string of the molecule is N#Cc1c(SCC(=O)c2ccc(Br)cc2)nc2c(c1-c1ccccc1)CC/C2=C/c1ccccc1. The van der Waals surface area contributed by atoms with Crippen LogP contribution in [0.3, 0.4) is 0 Å². The third-order valence-corrected chi connectivity index (χ3v) is 7.54. The number of nitriles is 1. The Morgan fingerprint density at radius 3 is 2.34 bits per heavy atom. The average Bonchev–Trinajstić information content (AvgIpc) is 3.29. The molecule has 0 aliphatic heterocycles. The third kappa shape index (κ3) is 5.00. The van der Waals surface area contributed by atoms with Gasteiger partial charge in [0.05, 0.1) is 17.0 Å². The molecule has 0 unspecified atom stereocenters. The van der Waals surface area contributed by atoms with E-state index in [1.165, 1.54) is 11.8 Å². The van der Waals surface area contributed by atoms with Gasteiger partial charge in [-0.1, -0.05) is 100 Å². The average molecular weight is 537 g/mol. The number of ketones is 1. The minimum atomic E-state index is 0.00926. The topological polar surface area (TPSA) is 53.8 Å². The number of thioether (sulfide) groups is 1. The Labute approximate surface area is 217 Å². The van der Waals surface area contributed by atoms with E-state index in [1.54, 1.807) is 0 Å². The first-order valence-corrected chi connectivity index (χ1v) is 13.1. The number of carbonyl (C=O) groups is 1. The molecular weight excluding hydrogens is 516 g/mol. The molecule has 170 valence electrons. The highest BCUT2D eigenvalue weighted by atomic mass is 79.9. The minimum Gasteiger partial charge on any atom is -0.293 e. The second-order valence-corrected chi connectivity index (χ2v) is 10.2. The minimum absolute atomic E-state index is 0.00926. The highest BCUT2D eigenvalue weighted by molar-refractivity contribution is 9.10. The maximum absolute atomic E-state index is 12.9. The molecule has 0 N–H and O–H groups in total. The summed E-state index contributed by atoms with van der Waals surface area (Å²) < 4.78 is 0.930. The molecule has 0 bridgehead atoms. The lowest BCUT2D eigenvalue weighted by Crippen LogP contribution is -2.05. The predicted octanol–water partition coefficient (Wildman–Crippen LogP) is 7.84. The fraction of sp³-hybridized carbons (Fsp3) is 0.100. The van der Waals surface area contributed by atoms with Crippen molar-refractivity contribution < 1.29 is 4.79 Å². The zero-order valence-electron chi connectivity index (χ0n) is 18.9. The van der Waals surface area contributed by atoms with E-state index in [0.717, 1.165) is 50.8 Å². The van der Waals surface area contributed by atoms with Crippen LogP contribution in [0.5, 0.6) is 0 Å². The summed E-state index contributed by atoms with van der Waals surface area (Å²) in [6, 6.07) is 30.0. The van der Waals surface area contributed by atoms with Crippen LogP contribution in [0.2, 0.25) is 0 Å². The number of halogens is 1. The summed E-state index contributed by atoms with van der Waals surface area (Å²) in [5, 5.41) is 10.8. The van der Waals surface area contributed by atoms with Crippen molar-refractivity contribution in [2.24, 2.45) is 0 Å². The molecular formula is C30H21BrN2OS. The summed E-state index contributed by atoms with van der Waals surface area (Å²) >= 11 is 4.75. The van der Waals surface area contributed by atoms with Crippen molar-refractivity contribution in [2.45, 2.75) is 17.9 Å². The van der Waals surface area contributed by atoms with Crippen LogP contribution in [-0.4, -0.2) is 16.5 Å². The van der Waals surface area contributed by atoms with Crippen molar-refractivity contribution in [3.05, 3.63) is 117 Å². The number of fused-ring (bicyclic) bond motifs is 1. The number of Topliss-reactive ketones (excluding diaryl/α,β-unsaturated/α-hetero) is 1. The van der Waals surface area contributed by atoms with E-state index >= 15 is 0 Å². The molecule has 0 saturated carbocycles. The van der Waals surface area contributed by atoms with E-state index in [4.69, 9.17) is 4.98 Å². The maximum atomic E-state index is 12.9. The highest BCUT2D eigenvalue weighted by Crippen LogP contribution is 2.43. The zero-order chi connectivity index (χ0) is 24.2. The van der Waals surface area contributed by atoms with Crippen molar-refractivity contribution in [1.82, 2.24) is 4.98 Å². The van der Waals surface area contributed by atoms with Crippen molar-refractivity contribution in [1.29, 1.82) is 5.26 Å². The fourth-order valence-corrected chi connectivity index (χ4v) is 5.51. The molecule has 0 amide bonds. The van der Waals surface area contributed by atoms with E-state index in [2.05, 4.69) is 40.2 Å². The van der Waals surface area contributed by atoms with Gasteiger partial charge in [0.1, 0.15) is 11.1 Å². The molecule has 0 saturated heterocycles. The molecule has 0 fully saturated rings. The number of hydrogen-bond acceptors (Lipinski definition) is 4. The van der Waals surface area contributed by atoms with Crippen LogP contribution in [0.25, 0.3) is 22.8 Å². The van der Waals surface area contributed by atoms with E-state index in [0.29, 0.717) is 16.2 Å². The lowest BCUT2D eigenvalue weighted by molar-refractivity contribution is 0.102. The van der Waals surface area contributed by atoms with Crippen molar-refractivity contribution in [3.63, 3.8) is 0 Å². The van der Waals surface area contributed by atoms with E-state index in [-0.39, 0.29) is 11.5 Å². The van der Waals surface area contributed by atoms with Gasteiger partial charge < -0.3 is 0 Å². The standard InChI is InChI=1S/C30H21BrN2OS/c31-24-14-11-21(12-15-24)27(34)19-35-30-26(18-32)28(22-9-5-2-6-10-22)25-16-13-23(29(25)33-30)17-20-7-3-1-4-8-20/h1-12,14-15,17H,13,16,19H2/b23-17-. The van der Waals surface area contributed by atoms with Gasteiger partial charge in [-0.3, -0.25) is 4.79 Å². The van der Waals surface area contributed by atoms with Crippen LogP contribution in [-0.2, 0) is 6.42 Å². The lowest BCUT2D eigenvalue weighted by Gasteiger charge is -2.15. The van der Waals surface area contributed by atoms with Gasteiger partial charge in [-0.05, 0) is 53.3 Å².